The van der Waals surface area contributed by atoms with Crippen LogP contribution in [0.25, 0.3) is 0 Å². The van der Waals surface area contributed by atoms with Crippen molar-refractivity contribution < 1.29 is 19.0 Å². The summed E-state index contributed by atoms with van der Waals surface area (Å²) < 4.78 is 16.9. The first-order chi connectivity index (χ1) is 12.4. The second-order valence-corrected chi connectivity index (χ2v) is 7.19. The molecule has 5 nitrogen and oxygen atoms in total. The van der Waals surface area contributed by atoms with Crippen molar-refractivity contribution in [3.8, 4) is 17.2 Å². The summed E-state index contributed by atoms with van der Waals surface area (Å²) in [4.78, 5) is 12.4. The topological polar surface area (TPSA) is 56.8 Å². The van der Waals surface area contributed by atoms with Crippen LogP contribution >= 0.6 is 0 Å². The van der Waals surface area contributed by atoms with Crippen molar-refractivity contribution in [2.75, 3.05) is 13.7 Å². The highest BCUT2D eigenvalue weighted by molar-refractivity contribution is 5.78. The van der Waals surface area contributed by atoms with Gasteiger partial charge in [-0.2, -0.15) is 0 Å². The molecule has 2 aromatic rings. The lowest BCUT2D eigenvalue weighted by molar-refractivity contribution is -0.124. The van der Waals surface area contributed by atoms with E-state index in [0.29, 0.717) is 12.2 Å². The van der Waals surface area contributed by atoms with E-state index in [0.717, 1.165) is 22.6 Å². The molecule has 138 valence electrons. The van der Waals surface area contributed by atoms with Gasteiger partial charge in [-0.3, -0.25) is 4.79 Å². The zero-order valence-corrected chi connectivity index (χ0v) is 15.7. The Hall–Kier alpha value is -2.69. The highest BCUT2D eigenvalue weighted by atomic mass is 16.5. The maximum Gasteiger partial charge on any atom is 0.258 e. The van der Waals surface area contributed by atoms with Crippen LogP contribution in [-0.4, -0.2) is 25.2 Å². The normalized spacial score (nSPS) is 17.6. The lowest BCUT2D eigenvalue weighted by Gasteiger charge is -2.38. The minimum absolute atomic E-state index is 0.0276. The van der Waals surface area contributed by atoms with E-state index in [-0.39, 0.29) is 24.2 Å². The molecule has 1 atom stereocenters. The van der Waals surface area contributed by atoms with E-state index >= 15 is 0 Å². The smallest absolute Gasteiger partial charge is 0.258 e. The maximum atomic E-state index is 12.4. The Balaban J connectivity index is 1.70. The average molecular weight is 355 g/mol. The summed E-state index contributed by atoms with van der Waals surface area (Å²) in [7, 11) is 1.62. The van der Waals surface area contributed by atoms with Gasteiger partial charge in [0.25, 0.3) is 5.91 Å². The summed E-state index contributed by atoms with van der Waals surface area (Å²) in [6.45, 7) is 6.01. The number of hydrogen-bond donors (Lipinski definition) is 1. The van der Waals surface area contributed by atoms with Crippen LogP contribution in [0, 0.1) is 6.92 Å². The molecule has 1 N–H and O–H groups in total. The SMILES string of the molecule is COc1ccc2c(c1)C(NC(=O)COc1ccc(C)cc1)CC(C)(C)O2. The predicted octanol–water partition coefficient (Wildman–Crippen LogP) is 3.80. The second kappa shape index (κ2) is 7.28. The molecule has 26 heavy (non-hydrogen) atoms. The van der Waals surface area contributed by atoms with Crippen LogP contribution < -0.4 is 19.5 Å². The summed E-state index contributed by atoms with van der Waals surface area (Å²) in [5, 5.41) is 3.06. The van der Waals surface area contributed by atoms with Crippen LogP contribution in [0.2, 0.25) is 0 Å². The van der Waals surface area contributed by atoms with Gasteiger partial charge in [0.1, 0.15) is 22.8 Å². The van der Waals surface area contributed by atoms with Gasteiger partial charge in [0.05, 0.1) is 13.2 Å². The van der Waals surface area contributed by atoms with Crippen molar-refractivity contribution in [3.05, 3.63) is 53.6 Å². The molecule has 0 saturated heterocycles. The summed E-state index contributed by atoms with van der Waals surface area (Å²) in [5.74, 6) is 2.02. The predicted molar refractivity (Wildman–Crippen MR) is 99.9 cm³/mol. The molecule has 0 saturated carbocycles. The first-order valence-electron chi connectivity index (χ1n) is 8.72. The molecular weight excluding hydrogens is 330 g/mol. The van der Waals surface area contributed by atoms with Crippen LogP contribution in [0.1, 0.15) is 37.4 Å². The summed E-state index contributed by atoms with van der Waals surface area (Å²) in [6.07, 6.45) is 0.670. The van der Waals surface area contributed by atoms with Crippen molar-refractivity contribution in [1.82, 2.24) is 5.32 Å². The largest absolute Gasteiger partial charge is 0.497 e. The molecule has 1 aliphatic heterocycles. The van der Waals surface area contributed by atoms with Crippen molar-refractivity contribution in [2.45, 2.75) is 38.8 Å². The minimum atomic E-state index is -0.364. The van der Waals surface area contributed by atoms with Crippen molar-refractivity contribution in [1.29, 1.82) is 0 Å². The molecule has 0 aliphatic carbocycles. The molecule has 5 heteroatoms. The molecule has 0 bridgehead atoms. The molecule has 1 unspecified atom stereocenters. The molecule has 3 rings (SSSR count). The van der Waals surface area contributed by atoms with Crippen LogP contribution in [0.15, 0.2) is 42.5 Å². The lowest BCUT2D eigenvalue weighted by Crippen LogP contribution is -2.42. The number of amides is 1. The van der Waals surface area contributed by atoms with Gasteiger partial charge in [0.15, 0.2) is 6.61 Å². The molecule has 0 fully saturated rings. The zero-order valence-electron chi connectivity index (χ0n) is 15.7. The van der Waals surface area contributed by atoms with E-state index in [1.165, 1.54) is 0 Å². The van der Waals surface area contributed by atoms with Gasteiger partial charge < -0.3 is 19.5 Å². The third-order valence-corrected chi connectivity index (χ3v) is 4.40. The number of carbonyl (C=O) groups is 1. The highest BCUT2D eigenvalue weighted by Crippen LogP contribution is 2.41. The quantitative estimate of drug-likeness (QED) is 0.886. The van der Waals surface area contributed by atoms with E-state index < -0.39 is 0 Å². The number of aryl methyl sites for hydroxylation is 1. The summed E-state index contributed by atoms with van der Waals surface area (Å²) in [6, 6.07) is 13.1. The molecule has 0 spiro atoms. The van der Waals surface area contributed by atoms with Crippen molar-refractivity contribution >= 4 is 5.91 Å². The third kappa shape index (κ3) is 4.28. The number of methoxy groups -OCH3 is 1. The number of fused-ring (bicyclic) bond motifs is 1. The van der Waals surface area contributed by atoms with Crippen LogP contribution in [0.3, 0.4) is 0 Å². The van der Waals surface area contributed by atoms with Crippen LogP contribution in [0.5, 0.6) is 17.2 Å². The van der Waals surface area contributed by atoms with E-state index in [1.807, 2.05) is 63.2 Å². The fourth-order valence-corrected chi connectivity index (χ4v) is 3.11. The molecule has 0 radical (unpaired) electrons. The fourth-order valence-electron chi connectivity index (χ4n) is 3.11. The third-order valence-electron chi connectivity index (χ3n) is 4.40. The first-order valence-corrected chi connectivity index (χ1v) is 8.72. The number of nitrogens with one attached hydrogen (secondary N) is 1. The lowest BCUT2D eigenvalue weighted by atomic mass is 9.89. The molecule has 1 amide bonds. The van der Waals surface area contributed by atoms with Crippen LogP contribution in [0.4, 0.5) is 0 Å². The first kappa shape index (κ1) is 18.1. The Morgan fingerprint density at radius 2 is 1.88 bits per heavy atom. The molecule has 0 aromatic heterocycles. The zero-order chi connectivity index (χ0) is 18.7. The maximum absolute atomic E-state index is 12.4. The molecule has 1 aliphatic rings. The Bertz CT molecular complexity index is 783. The van der Waals surface area contributed by atoms with E-state index in [2.05, 4.69) is 5.32 Å². The van der Waals surface area contributed by atoms with E-state index in [4.69, 9.17) is 14.2 Å². The highest BCUT2D eigenvalue weighted by Gasteiger charge is 2.34. The van der Waals surface area contributed by atoms with Gasteiger partial charge >= 0.3 is 0 Å². The monoisotopic (exact) mass is 355 g/mol. The number of ether oxygens (including phenoxy) is 3. The Kier molecular flexibility index (Phi) is 5.07. The van der Waals surface area contributed by atoms with Gasteiger partial charge in [-0.25, -0.2) is 0 Å². The van der Waals surface area contributed by atoms with Gasteiger partial charge in [-0.1, -0.05) is 17.7 Å². The molecule has 1 heterocycles. The average Bonchev–Trinajstić information content (AvgIpc) is 2.60. The van der Waals surface area contributed by atoms with Gasteiger partial charge in [0.2, 0.25) is 0 Å². The number of rotatable bonds is 5. The van der Waals surface area contributed by atoms with Crippen molar-refractivity contribution in [2.24, 2.45) is 0 Å². The number of carbonyl (C=O) groups excluding carboxylic acids is 1. The second-order valence-electron chi connectivity index (χ2n) is 7.19. The number of hydrogen-bond acceptors (Lipinski definition) is 4. The fraction of sp³-hybridized carbons (Fsp3) is 0.381. The molecular formula is C21H25NO4. The molecule has 2 aromatic carbocycles. The van der Waals surface area contributed by atoms with Crippen molar-refractivity contribution in [3.63, 3.8) is 0 Å². The summed E-state index contributed by atoms with van der Waals surface area (Å²) >= 11 is 0. The van der Waals surface area contributed by atoms with E-state index in [1.54, 1.807) is 7.11 Å². The van der Waals surface area contributed by atoms with Gasteiger partial charge in [-0.15, -0.1) is 0 Å². The summed E-state index contributed by atoms with van der Waals surface area (Å²) in [5.41, 5.74) is 1.71. The Labute approximate surface area is 154 Å². The van der Waals surface area contributed by atoms with Gasteiger partial charge in [-0.05, 0) is 51.1 Å². The van der Waals surface area contributed by atoms with E-state index in [9.17, 15) is 4.79 Å². The standard InChI is InChI=1S/C21H25NO4/c1-14-5-7-15(8-6-14)25-13-20(23)22-18-12-21(2,3)26-19-10-9-16(24-4)11-17(18)19/h5-11,18H,12-13H2,1-4H3,(H,22,23). The van der Waals surface area contributed by atoms with Gasteiger partial charge in [0, 0.05) is 12.0 Å². The number of benzene rings is 2. The Morgan fingerprint density at radius 1 is 1.19 bits per heavy atom. The Morgan fingerprint density at radius 3 is 2.58 bits per heavy atom. The van der Waals surface area contributed by atoms with Crippen LogP contribution in [-0.2, 0) is 4.79 Å². The minimum Gasteiger partial charge on any atom is -0.497 e.